The van der Waals surface area contributed by atoms with Crippen molar-refractivity contribution in [3.63, 3.8) is 0 Å². The van der Waals surface area contributed by atoms with E-state index in [0.717, 1.165) is 0 Å². The minimum atomic E-state index is -0.661. The summed E-state index contributed by atoms with van der Waals surface area (Å²) >= 11 is 0. The molecule has 1 aliphatic rings. The molecule has 7 nitrogen and oxygen atoms in total. The molecule has 0 aliphatic carbocycles. The van der Waals surface area contributed by atoms with E-state index in [0.29, 0.717) is 18.7 Å². The molecular formula is C18H18FN4O3. The van der Waals surface area contributed by atoms with Gasteiger partial charge in [0, 0.05) is 18.3 Å². The molecule has 135 valence electrons. The second kappa shape index (κ2) is 7.49. The lowest BCUT2D eigenvalue weighted by atomic mass is 10.2. The number of carbonyl (C=O) groups is 2. The topological polar surface area (TPSA) is 97.4 Å². The number of hydrogen-bond acceptors (Lipinski definition) is 4. The number of nitrogens with zero attached hydrogens (tertiary/aromatic N) is 2. The summed E-state index contributed by atoms with van der Waals surface area (Å²) in [5.41, 5.74) is 5.36. The van der Waals surface area contributed by atoms with Gasteiger partial charge in [0.25, 0.3) is 5.56 Å². The van der Waals surface area contributed by atoms with Gasteiger partial charge in [0.1, 0.15) is 5.82 Å². The summed E-state index contributed by atoms with van der Waals surface area (Å²) in [5.74, 6) is -1.62. The number of anilines is 1. The number of likely N-dealkylation sites (tertiary alicyclic amines) is 1. The van der Waals surface area contributed by atoms with Crippen LogP contribution in [0.5, 0.6) is 0 Å². The summed E-state index contributed by atoms with van der Waals surface area (Å²) in [7, 11) is 0. The zero-order chi connectivity index (χ0) is 18.7. The summed E-state index contributed by atoms with van der Waals surface area (Å²) in [6, 6.07) is 8.15. The van der Waals surface area contributed by atoms with Crippen molar-refractivity contribution in [3.05, 3.63) is 65.2 Å². The number of benzene rings is 1. The molecule has 1 aromatic heterocycles. The van der Waals surface area contributed by atoms with Crippen molar-refractivity contribution in [1.29, 1.82) is 0 Å². The largest absolute Gasteiger partial charge is 0.368 e. The maximum Gasteiger partial charge on any atom is 0.255 e. The number of pyridine rings is 1. The molecule has 0 bridgehead atoms. The fourth-order valence-corrected chi connectivity index (χ4v) is 2.93. The number of primary amides is 1. The van der Waals surface area contributed by atoms with E-state index in [-0.39, 0.29) is 17.8 Å². The van der Waals surface area contributed by atoms with E-state index in [1.165, 1.54) is 35.0 Å². The van der Waals surface area contributed by atoms with Gasteiger partial charge in [-0.05, 0) is 37.6 Å². The highest BCUT2D eigenvalue weighted by Crippen LogP contribution is 2.19. The quantitative estimate of drug-likeness (QED) is 0.822. The average molecular weight is 357 g/mol. The van der Waals surface area contributed by atoms with Crippen LogP contribution in [0, 0.1) is 12.2 Å². The highest BCUT2D eigenvalue weighted by molar-refractivity contribution is 5.93. The molecule has 1 radical (unpaired) electrons. The van der Waals surface area contributed by atoms with E-state index in [4.69, 9.17) is 5.73 Å². The lowest BCUT2D eigenvalue weighted by molar-refractivity contribution is -0.123. The third-order valence-corrected chi connectivity index (χ3v) is 4.17. The van der Waals surface area contributed by atoms with Crippen LogP contribution in [0.25, 0.3) is 5.69 Å². The molecule has 3 rings (SSSR count). The summed E-state index contributed by atoms with van der Waals surface area (Å²) in [4.78, 5) is 36.9. The molecule has 8 heteroatoms. The number of aromatic nitrogens is 1. The first-order valence-electron chi connectivity index (χ1n) is 8.10. The minimum absolute atomic E-state index is 0.00142. The summed E-state index contributed by atoms with van der Waals surface area (Å²) in [6.07, 6.45) is 3.95. The van der Waals surface area contributed by atoms with Crippen LogP contribution in [0.15, 0.2) is 47.4 Å². The van der Waals surface area contributed by atoms with Crippen LogP contribution in [0.1, 0.15) is 6.42 Å². The lowest BCUT2D eigenvalue weighted by Crippen LogP contribution is -2.44. The van der Waals surface area contributed by atoms with E-state index in [2.05, 4.69) is 5.32 Å². The standard InChI is InChI=1S/C18H18FN4O3/c19-13-10-12(23-9-2-1-5-17(23)25)6-7-14(13)21-16(24)11-22-8-3-4-15(22)18(20)26/h1-2,4-7,9-10,15H,3,8,11H2,(H2,20,26)(H,21,24)/t15-/m0/s1. The molecule has 2 aromatic rings. The van der Waals surface area contributed by atoms with E-state index in [1.54, 1.807) is 23.5 Å². The number of amides is 2. The van der Waals surface area contributed by atoms with Gasteiger partial charge in [-0.15, -0.1) is 0 Å². The maximum atomic E-state index is 14.3. The highest BCUT2D eigenvalue weighted by atomic mass is 19.1. The molecule has 0 spiro atoms. The third-order valence-electron chi connectivity index (χ3n) is 4.17. The first kappa shape index (κ1) is 17.8. The molecule has 1 fully saturated rings. The van der Waals surface area contributed by atoms with Crippen molar-refractivity contribution < 1.29 is 14.0 Å². The van der Waals surface area contributed by atoms with Gasteiger partial charge in [-0.3, -0.25) is 23.9 Å². The summed E-state index contributed by atoms with van der Waals surface area (Å²) in [5, 5.41) is 2.48. The van der Waals surface area contributed by atoms with Crippen LogP contribution in [0.2, 0.25) is 0 Å². The Morgan fingerprint density at radius 2 is 2.08 bits per heavy atom. The highest BCUT2D eigenvalue weighted by Gasteiger charge is 2.30. The van der Waals surface area contributed by atoms with Gasteiger partial charge in [-0.2, -0.15) is 0 Å². The van der Waals surface area contributed by atoms with Crippen LogP contribution in [-0.4, -0.2) is 40.4 Å². The molecule has 1 aromatic carbocycles. The van der Waals surface area contributed by atoms with Crippen LogP contribution in [-0.2, 0) is 9.59 Å². The molecule has 2 heterocycles. The number of hydrogen-bond donors (Lipinski definition) is 2. The Morgan fingerprint density at radius 3 is 2.77 bits per heavy atom. The van der Waals surface area contributed by atoms with Gasteiger partial charge in [0.2, 0.25) is 11.8 Å². The number of rotatable bonds is 5. The monoisotopic (exact) mass is 357 g/mol. The van der Waals surface area contributed by atoms with Gasteiger partial charge in [-0.1, -0.05) is 6.07 Å². The predicted molar refractivity (Wildman–Crippen MR) is 94.1 cm³/mol. The van der Waals surface area contributed by atoms with E-state index in [1.807, 2.05) is 0 Å². The van der Waals surface area contributed by atoms with Crippen molar-refractivity contribution in [2.75, 3.05) is 18.4 Å². The molecule has 1 saturated heterocycles. The Morgan fingerprint density at radius 1 is 1.27 bits per heavy atom. The van der Waals surface area contributed by atoms with E-state index in [9.17, 15) is 18.8 Å². The Bertz CT molecular complexity index is 896. The second-order valence-electron chi connectivity index (χ2n) is 5.96. The van der Waals surface area contributed by atoms with Crippen LogP contribution in [0.4, 0.5) is 10.1 Å². The Balaban J connectivity index is 1.70. The first-order valence-corrected chi connectivity index (χ1v) is 8.10. The second-order valence-corrected chi connectivity index (χ2v) is 5.96. The van der Waals surface area contributed by atoms with Crippen molar-refractivity contribution in [1.82, 2.24) is 9.47 Å². The number of carbonyl (C=O) groups excluding carboxylic acids is 2. The summed E-state index contributed by atoms with van der Waals surface area (Å²) in [6.45, 7) is 0.475. The number of nitrogens with two attached hydrogens (primary N) is 1. The molecule has 26 heavy (non-hydrogen) atoms. The van der Waals surface area contributed by atoms with Crippen LogP contribution in [0.3, 0.4) is 0 Å². The lowest BCUT2D eigenvalue weighted by Gasteiger charge is -2.21. The SMILES string of the molecule is NC(=O)[C@@H]1[CH]CCN1CC(=O)Nc1ccc(-n2ccccc2=O)cc1F. The zero-order valence-electron chi connectivity index (χ0n) is 13.9. The minimum Gasteiger partial charge on any atom is -0.368 e. The Labute approximate surface area is 149 Å². The van der Waals surface area contributed by atoms with Gasteiger partial charge >= 0.3 is 0 Å². The van der Waals surface area contributed by atoms with Gasteiger partial charge < -0.3 is 11.1 Å². The zero-order valence-corrected chi connectivity index (χ0v) is 13.9. The molecule has 0 unspecified atom stereocenters. The van der Waals surface area contributed by atoms with Crippen molar-refractivity contribution in [2.24, 2.45) is 5.73 Å². The van der Waals surface area contributed by atoms with Crippen molar-refractivity contribution in [2.45, 2.75) is 12.5 Å². The fourth-order valence-electron chi connectivity index (χ4n) is 2.93. The molecular weight excluding hydrogens is 339 g/mol. The van der Waals surface area contributed by atoms with Gasteiger partial charge in [-0.25, -0.2) is 4.39 Å². The number of nitrogens with one attached hydrogen (secondary N) is 1. The average Bonchev–Trinajstić information content (AvgIpc) is 3.05. The van der Waals surface area contributed by atoms with E-state index < -0.39 is 23.7 Å². The molecule has 1 aliphatic heterocycles. The Kier molecular flexibility index (Phi) is 5.13. The smallest absolute Gasteiger partial charge is 0.255 e. The van der Waals surface area contributed by atoms with E-state index >= 15 is 0 Å². The number of halogens is 1. The molecule has 1 atom stereocenters. The summed E-state index contributed by atoms with van der Waals surface area (Å²) < 4.78 is 15.6. The molecule has 0 saturated carbocycles. The van der Waals surface area contributed by atoms with Gasteiger partial charge in [0.15, 0.2) is 0 Å². The molecule has 2 amide bonds. The molecule has 3 N–H and O–H groups in total. The maximum absolute atomic E-state index is 14.3. The van der Waals surface area contributed by atoms with Gasteiger partial charge in [0.05, 0.1) is 24.0 Å². The third kappa shape index (κ3) is 3.80. The van der Waals surface area contributed by atoms with Crippen LogP contribution >= 0.6 is 0 Å². The normalized spacial score (nSPS) is 17.2. The van der Waals surface area contributed by atoms with Crippen LogP contribution < -0.4 is 16.6 Å². The predicted octanol–water partition coefficient (Wildman–Crippen LogP) is 0.679. The first-order chi connectivity index (χ1) is 12.5. The van der Waals surface area contributed by atoms with Crippen molar-refractivity contribution >= 4 is 17.5 Å². The fraction of sp³-hybridized carbons (Fsp3) is 0.222. The Hall–Kier alpha value is -3.00. The van der Waals surface area contributed by atoms with Crippen molar-refractivity contribution in [3.8, 4) is 5.69 Å².